The third kappa shape index (κ3) is 3.78. The molecule has 2 rings (SSSR count). The van der Waals surface area contributed by atoms with E-state index in [-0.39, 0.29) is 11.9 Å². The molecule has 5 heteroatoms. The van der Waals surface area contributed by atoms with Gasteiger partial charge in [-0.15, -0.1) is 0 Å². The molecule has 0 bridgehead atoms. The fraction of sp³-hybridized carbons (Fsp3) is 0.250. The highest BCUT2D eigenvalue weighted by Crippen LogP contribution is 2.36. The van der Waals surface area contributed by atoms with E-state index >= 15 is 0 Å². The Kier molecular flexibility index (Phi) is 6.06. The predicted molar refractivity (Wildman–Crippen MR) is 90.7 cm³/mol. The molecular formula is C16H15BrCl2FN. The molecule has 0 aromatic heterocycles. The lowest BCUT2D eigenvalue weighted by Gasteiger charge is -2.23. The summed E-state index contributed by atoms with van der Waals surface area (Å²) in [4.78, 5) is 0. The summed E-state index contributed by atoms with van der Waals surface area (Å²) in [5.74, 6) is -0.283. The molecule has 1 nitrogen and oxygen atoms in total. The average molecular weight is 391 g/mol. The van der Waals surface area contributed by atoms with Crippen LogP contribution in [0.25, 0.3) is 0 Å². The third-order valence-electron chi connectivity index (χ3n) is 3.18. The lowest BCUT2D eigenvalue weighted by atomic mass is 9.98. The number of halogens is 4. The van der Waals surface area contributed by atoms with E-state index in [4.69, 9.17) is 23.2 Å². The maximum Gasteiger partial charge on any atom is 0.129 e. The normalized spacial score (nSPS) is 12.4. The maximum absolute atomic E-state index is 14.3. The quantitative estimate of drug-likeness (QED) is 0.661. The summed E-state index contributed by atoms with van der Waals surface area (Å²) in [6, 6.07) is 9.97. The van der Waals surface area contributed by atoms with Crippen LogP contribution in [-0.2, 0) is 0 Å². The second-order valence-electron chi connectivity index (χ2n) is 4.67. The van der Waals surface area contributed by atoms with Crippen molar-refractivity contribution in [3.8, 4) is 0 Å². The van der Waals surface area contributed by atoms with Crippen molar-refractivity contribution < 1.29 is 4.39 Å². The largest absolute Gasteiger partial charge is 0.306 e. The zero-order valence-electron chi connectivity index (χ0n) is 11.5. The highest BCUT2D eigenvalue weighted by Gasteiger charge is 2.23. The lowest BCUT2D eigenvalue weighted by Crippen LogP contribution is -2.25. The molecule has 0 amide bonds. The fourth-order valence-corrected chi connectivity index (χ4v) is 3.17. The molecule has 21 heavy (non-hydrogen) atoms. The minimum atomic E-state index is -0.355. The van der Waals surface area contributed by atoms with E-state index in [0.29, 0.717) is 20.1 Å². The zero-order chi connectivity index (χ0) is 15.4. The van der Waals surface area contributed by atoms with Gasteiger partial charge >= 0.3 is 0 Å². The molecule has 112 valence electrons. The molecule has 1 unspecified atom stereocenters. The van der Waals surface area contributed by atoms with Gasteiger partial charge in [0.15, 0.2) is 0 Å². The van der Waals surface area contributed by atoms with E-state index in [2.05, 4.69) is 28.2 Å². The first-order valence-electron chi connectivity index (χ1n) is 6.67. The number of benzene rings is 2. The minimum Gasteiger partial charge on any atom is -0.306 e. The molecule has 0 saturated heterocycles. The molecule has 2 aromatic rings. The molecule has 0 saturated carbocycles. The Bertz CT molecular complexity index is 613. The molecule has 0 heterocycles. The van der Waals surface area contributed by atoms with Crippen molar-refractivity contribution in [3.05, 3.63) is 67.9 Å². The number of hydrogen-bond donors (Lipinski definition) is 1. The van der Waals surface area contributed by atoms with Crippen molar-refractivity contribution >= 4 is 39.1 Å². The van der Waals surface area contributed by atoms with E-state index in [1.54, 1.807) is 12.1 Å². The summed E-state index contributed by atoms with van der Waals surface area (Å²) in [6.07, 6.45) is 0.931. The van der Waals surface area contributed by atoms with E-state index in [9.17, 15) is 4.39 Å². The Morgan fingerprint density at radius 2 is 1.90 bits per heavy atom. The summed E-state index contributed by atoms with van der Waals surface area (Å²) in [5, 5.41) is 4.25. The van der Waals surface area contributed by atoms with Gasteiger partial charge in [0.25, 0.3) is 0 Å². The number of hydrogen-bond acceptors (Lipinski definition) is 1. The van der Waals surface area contributed by atoms with Crippen LogP contribution in [0.5, 0.6) is 0 Å². The van der Waals surface area contributed by atoms with Crippen LogP contribution in [0.2, 0.25) is 10.0 Å². The maximum atomic E-state index is 14.3. The zero-order valence-corrected chi connectivity index (χ0v) is 14.6. The third-order valence-corrected chi connectivity index (χ3v) is 4.70. The van der Waals surface area contributed by atoms with Crippen LogP contribution < -0.4 is 5.32 Å². The monoisotopic (exact) mass is 389 g/mol. The van der Waals surface area contributed by atoms with Gasteiger partial charge in [0.1, 0.15) is 5.82 Å². The second-order valence-corrected chi connectivity index (χ2v) is 6.31. The van der Waals surface area contributed by atoms with Crippen molar-refractivity contribution in [3.63, 3.8) is 0 Å². The van der Waals surface area contributed by atoms with Crippen LogP contribution >= 0.6 is 39.1 Å². The van der Waals surface area contributed by atoms with Crippen molar-refractivity contribution in [1.29, 1.82) is 0 Å². The summed E-state index contributed by atoms with van der Waals surface area (Å²) < 4.78 is 15.0. The predicted octanol–water partition coefficient (Wildman–Crippen LogP) is 5.98. The van der Waals surface area contributed by atoms with Crippen molar-refractivity contribution in [1.82, 2.24) is 5.32 Å². The first-order valence-corrected chi connectivity index (χ1v) is 8.22. The Balaban J connectivity index is 2.55. The van der Waals surface area contributed by atoms with Gasteiger partial charge in [0.2, 0.25) is 0 Å². The summed E-state index contributed by atoms with van der Waals surface area (Å²) >= 11 is 15.8. The molecule has 0 aliphatic carbocycles. The first kappa shape index (κ1) is 16.8. The van der Waals surface area contributed by atoms with Crippen molar-refractivity contribution in [2.75, 3.05) is 6.54 Å². The second kappa shape index (κ2) is 7.59. The Hall–Kier alpha value is -0.610. The van der Waals surface area contributed by atoms with Gasteiger partial charge in [-0.25, -0.2) is 4.39 Å². The molecule has 0 spiro atoms. The van der Waals surface area contributed by atoms with E-state index < -0.39 is 0 Å². The highest BCUT2D eigenvalue weighted by molar-refractivity contribution is 9.10. The first-order chi connectivity index (χ1) is 10.1. The van der Waals surface area contributed by atoms with Crippen LogP contribution in [0.1, 0.15) is 30.5 Å². The average Bonchev–Trinajstić information content (AvgIpc) is 2.45. The number of rotatable bonds is 5. The smallest absolute Gasteiger partial charge is 0.129 e. The van der Waals surface area contributed by atoms with Crippen molar-refractivity contribution in [2.45, 2.75) is 19.4 Å². The van der Waals surface area contributed by atoms with E-state index in [0.717, 1.165) is 18.5 Å². The fourth-order valence-electron chi connectivity index (χ4n) is 2.19. The van der Waals surface area contributed by atoms with E-state index in [1.165, 1.54) is 6.07 Å². The molecule has 0 radical (unpaired) electrons. The standard InChI is InChI=1S/C16H15BrCl2FN/c1-2-9-21-16(10-5-3-7-12(18)15(10)19)14-11(17)6-4-8-13(14)20/h3-8,16,21H,2,9H2,1H3. The van der Waals surface area contributed by atoms with Gasteiger partial charge in [-0.05, 0) is 36.7 Å². The molecule has 0 aliphatic rings. The van der Waals surface area contributed by atoms with E-state index in [1.807, 2.05) is 18.2 Å². The summed E-state index contributed by atoms with van der Waals surface area (Å²) in [6.45, 7) is 2.80. The Morgan fingerprint density at radius 3 is 2.57 bits per heavy atom. The topological polar surface area (TPSA) is 12.0 Å². The van der Waals surface area contributed by atoms with Gasteiger partial charge in [0, 0.05) is 10.0 Å². The number of nitrogens with one attached hydrogen (secondary N) is 1. The SMILES string of the molecule is CCCNC(c1cccc(Cl)c1Cl)c1c(F)cccc1Br. The molecule has 0 aliphatic heterocycles. The van der Waals surface area contributed by atoms with Crippen molar-refractivity contribution in [2.24, 2.45) is 0 Å². The molecule has 1 N–H and O–H groups in total. The van der Waals surface area contributed by atoms with Crippen LogP contribution in [0, 0.1) is 5.82 Å². The lowest BCUT2D eigenvalue weighted by molar-refractivity contribution is 0.544. The van der Waals surface area contributed by atoms with Crippen LogP contribution in [0.3, 0.4) is 0 Å². The highest BCUT2D eigenvalue weighted by atomic mass is 79.9. The molecular weight excluding hydrogens is 376 g/mol. The Morgan fingerprint density at radius 1 is 1.19 bits per heavy atom. The molecule has 0 fully saturated rings. The van der Waals surface area contributed by atoms with Gasteiger partial charge < -0.3 is 5.32 Å². The molecule has 1 atom stereocenters. The van der Waals surface area contributed by atoms with Gasteiger partial charge in [-0.3, -0.25) is 0 Å². The Labute approximate surface area is 142 Å². The summed E-state index contributed by atoms with van der Waals surface area (Å²) in [7, 11) is 0. The van der Waals surface area contributed by atoms with Crippen LogP contribution in [0.4, 0.5) is 4.39 Å². The molecule has 2 aromatic carbocycles. The summed E-state index contributed by atoms with van der Waals surface area (Å²) in [5.41, 5.74) is 1.30. The van der Waals surface area contributed by atoms with Crippen LogP contribution in [0.15, 0.2) is 40.9 Å². The van der Waals surface area contributed by atoms with Gasteiger partial charge in [-0.2, -0.15) is 0 Å². The van der Waals surface area contributed by atoms with Gasteiger partial charge in [0.05, 0.1) is 16.1 Å². The van der Waals surface area contributed by atoms with Crippen LogP contribution in [-0.4, -0.2) is 6.54 Å². The van der Waals surface area contributed by atoms with Gasteiger partial charge in [-0.1, -0.05) is 64.3 Å². The minimum absolute atomic E-state index is 0.283.